The van der Waals surface area contributed by atoms with E-state index in [-0.39, 0.29) is 0 Å². The van der Waals surface area contributed by atoms with Crippen molar-refractivity contribution in [2.75, 3.05) is 19.8 Å². The summed E-state index contributed by atoms with van der Waals surface area (Å²) in [6.07, 6.45) is 9.52. The van der Waals surface area contributed by atoms with Crippen molar-refractivity contribution in [3.05, 3.63) is 0 Å². The van der Waals surface area contributed by atoms with Crippen molar-refractivity contribution in [3.8, 4) is 0 Å². The van der Waals surface area contributed by atoms with E-state index in [9.17, 15) is 0 Å². The Labute approximate surface area is 87.2 Å². The van der Waals surface area contributed by atoms with Crippen LogP contribution >= 0.6 is 0 Å². The Morgan fingerprint density at radius 3 is 2.64 bits per heavy atom. The summed E-state index contributed by atoms with van der Waals surface area (Å²) in [5.74, 6) is 0.894. The van der Waals surface area contributed by atoms with E-state index in [4.69, 9.17) is 10.5 Å². The molecule has 2 fully saturated rings. The van der Waals surface area contributed by atoms with Gasteiger partial charge in [-0.1, -0.05) is 12.8 Å². The van der Waals surface area contributed by atoms with Gasteiger partial charge in [-0.05, 0) is 50.0 Å². The lowest BCUT2D eigenvalue weighted by Crippen LogP contribution is -2.39. The van der Waals surface area contributed by atoms with Gasteiger partial charge in [0.2, 0.25) is 0 Å². The van der Waals surface area contributed by atoms with Gasteiger partial charge >= 0.3 is 0 Å². The van der Waals surface area contributed by atoms with Crippen molar-refractivity contribution in [3.63, 3.8) is 0 Å². The molecule has 0 aromatic carbocycles. The Kier molecular flexibility index (Phi) is 3.45. The highest BCUT2D eigenvalue weighted by atomic mass is 16.5. The minimum atomic E-state index is 0.621. The highest BCUT2D eigenvalue weighted by Gasteiger charge is 2.40. The van der Waals surface area contributed by atoms with E-state index >= 15 is 0 Å². The van der Waals surface area contributed by atoms with Crippen molar-refractivity contribution >= 4 is 0 Å². The van der Waals surface area contributed by atoms with Gasteiger partial charge in [0, 0.05) is 13.2 Å². The smallest absolute Gasteiger partial charge is 0.0471 e. The Hall–Kier alpha value is -0.0800. The van der Waals surface area contributed by atoms with Crippen molar-refractivity contribution in [1.29, 1.82) is 0 Å². The molecule has 1 spiro atoms. The van der Waals surface area contributed by atoms with Crippen molar-refractivity contribution in [1.82, 2.24) is 0 Å². The monoisotopic (exact) mass is 197 g/mol. The number of ether oxygens (including phenoxy) is 1. The molecule has 2 rings (SSSR count). The van der Waals surface area contributed by atoms with E-state index < -0.39 is 0 Å². The number of hydrogen-bond donors (Lipinski definition) is 1. The SMILES string of the molecule is NCCC1CCCCC12CCOCC2. The third-order valence-corrected chi connectivity index (χ3v) is 4.35. The van der Waals surface area contributed by atoms with Gasteiger partial charge in [0.1, 0.15) is 0 Å². The molecule has 1 saturated heterocycles. The van der Waals surface area contributed by atoms with Crippen LogP contribution in [0.1, 0.15) is 44.9 Å². The maximum Gasteiger partial charge on any atom is 0.0471 e. The first-order valence-corrected chi connectivity index (χ1v) is 6.15. The van der Waals surface area contributed by atoms with Gasteiger partial charge in [0.15, 0.2) is 0 Å². The number of nitrogens with two attached hydrogens (primary N) is 1. The molecular formula is C12H23NO. The molecule has 0 amide bonds. The zero-order chi connectivity index (χ0) is 9.86. The maximum absolute atomic E-state index is 5.72. The molecule has 1 atom stereocenters. The van der Waals surface area contributed by atoms with Gasteiger partial charge in [0.25, 0.3) is 0 Å². The second-order valence-corrected chi connectivity index (χ2v) is 4.99. The Balaban J connectivity index is 2.02. The molecule has 1 heterocycles. The average molecular weight is 197 g/mol. The zero-order valence-corrected chi connectivity index (χ0v) is 9.13. The maximum atomic E-state index is 5.72. The Morgan fingerprint density at radius 2 is 1.93 bits per heavy atom. The fourth-order valence-corrected chi connectivity index (χ4v) is 3.47. The molecule has 1 saturated carbocycles. The third kappa shape index (κ3) is 1.96. The molecule has 1 aliphatic heterocycles. The fourth-order valence-electron chi connectivity index (χ4n) is 3.47. The quantitative estimate of drug-likeness (QED) is 0.737. The summed E-state index contributed by atoms with van der Waals surface area (Å²) in [7, 11) is 0. The topological polar surface area (TPSA) is 35.2 Å². The zero-order valence-electron chi connectivity index (χ0n) is 9.13. The minimum Gasteiger partial charge on any atom is -0.381 e. The van der Waals surface area contributed by atoms with Crippen LogP contribution in [-0.4, -0.2) is 19.8 Å². The van der Waals surface area contributed by atoms with Gasteiger partial charge in [0.05, 0.1) is 0 Å². The van der Waals surface area contributed by atoms with Crippen LogP contribution in [0.15, 0.2) is 0 Å². The van der Waals surface area contributed by atoms with Crippen LogP contribution in [0.4, 0.5) is 0 Å². The molecule has 0 radical (unpaired) electrons. The highest BCUT2D eigenvalue weighted by Crippen LogP contribution is 2.49. The molecule has 1 aliphatic carbocycles. The van der Waals surface area contributed by atoms with Crippen molar-refractivity contribution in [2.24, 2.45) is 17.1 Å². The molecular weight excluding hydrogens is 174 g/mol. The van der Waals surface area contributed by atoms with E-state index in [1.807, 2.05) is 0 Å². The molecule has 2 nitrogen and oxygen atoms in total. The first-order valence-electron chi connectivity index (χ1n) is 6.15. The van der Waals surface area contributed by atoms with Crippen LogP contribution in [-0.2, 0) is 4.74 Å². The Bertz CT molecular complexity index is 165. The second kappa shape index (κ2) is 4.63. The summed E-state index contributed by atoms with van der Waals surface area (Å²) in [6, 6.07) is 0. The minimum absolute atomic E-state index is 0.621. The summed E-state index contributed by atoms with van der Waals surface area (Å²) >= 11 is 0. The average Bonchev–Trinajstić information content (AvgIpc) is 2.23. The first-order chi connectivity index (χ1) is 6.87. The lowest BCUT2D eigenvalue weighted by Gasteiger charge is -2.47. The van der Waals surface area contributed by atoms with Gasteiger partial charge in [-0.15, -0.1) is 0 Å². The van der Waals surface area contributed by atoms with E-state index in [2.05, 4.69) is 0 Å². The van der Waals surface area contributed by atoms with Crippen molar-refractivity contribution in [2.45, 2.75) is 44.9 Å². The number of rotatable bonds is 2. The van der Waals surface area contributed by atoms with Crippen LogP contribution in [0, 0.1) is 11.3 Å². The molecule has 82 valence electrons. The Morgan fingerprint density at radius 1 is 1.14 bits per heavy atom. The van der Waals surface area contributed by atoms with Gasteiger partial charge in [-0.3, -0.25) is 0 Å². The molecule has 2 heteroatoms. The molecule has 0 aromatic rings. The lowest BCUT2D eigenvalue weighted by atomic mass is 9.61. The van der Waals surface area contributed by atoms with E-state index in [1.54, 1.807) is 0 Å². The normalized spacial score (nSPS) is 31.9. The highest BCUT2D eigenvalue weighted by molar-refractivity contribution is 4.91. The third-order valence-electron chi connectivity index (χ3n) is 4.35. The largest absolute Gasteiger partial charge is 0.381 e. The summed E-state index contributed by atoms with van der Waals surface area (Å²) < 4.78 is 5.49. The molecule has 2 N–H and O–H groups in total. The fraction of sp³-hybridized carbons (Fsp3) is 1.00. The van der Waals surface area contributed by atoms with E-state index in [0.717, 1.165) is 25.7 Å². The van der Waals surface area contributed by atoms with Crippen LogP contribution in [0.3, 0.4) is 0 Å². The number of hydrogen-bond acceptors (Lipinski definition) is 2. The van der Waals surface area contributed by atoms with E-state index in [1.165, 1.54) is 44.9 Å². The lowest BCUT2D eigenvalue weighted by molar-refractivity contribution is -0.0413. The van der Waals surface area contributed by atoms with Crippen LogP contribution in [0.5, 0.6) is 0 Å². The molecule has 0 bridgehead atoms. The molecule has 2 aliphatic rings. The van der Waals surface area contributed by atoms with Gasteiger partial charge < -0.3 is 10.5 Å². The van der Waals surface area contributed by atoms with Crippen LogP contribution in [0.25, 0.3) is 0 Å². The van der Waals surface area contributed by atoms with Gasteiger partial charge in [-0.25, -0.2) is 0 Å². The molecule has 1 unspecified atom stereocenters. The predicted molar refractivity (Wildman–Crippen MR) is 58.1 cm³/mol. The summed E-state index contributed by atoms with van der Waals surface area (Å²) in [6.45, 7) is 2.84. The second-order valence-electron chi connectivity index (χ2n) is 4.99. The van der Waals surface area contributed by atoms with Gasteiger partial charge in [-0.2, -0.15) is 0 Å². The van der Waals surface area contributed by atoms with E-state index in [0.29, 0.717) is 5.41 Å². The predicted octanol–water partition coefficient (Wildman–Crippen LogP) is 2.32. The summed E-state index contributed by atoms with van der Waals surface area (Å²) in [4.78, 5) is 0. The summed E-state index contributed by atoms with van der Waals surface area (Å²) in [5.41, 5.74) is 6.34. The first kappa shape index (κ1) is 10.4. The van der Waals surface area contributed by atoms with Crippen LogP contribution in [0.2, 0.25) is 0 Å². The summed E-state index contributed by atoms with van der Waals surface area (Å²) in [5, 5.41) is 0. The van der Waals surface area contributed by atoms with Crippen LogP contribution < -0.4 is 5.73 Å². The standard InChI is InChI=1S/C12H23NO/c13-8-4-11-3-1-2-5-12(11)6-9-14-10-7-12/h11H,1-10,13H2. The molecule has 14 heavy (non-hydrogen) atoms. The van der Waals surface area contributed by atoms with Crippen molar-refractivity contribution < 1.29 is 4.74 Å². The molecule has 0 aromatic heterocycles.